The van der Waals surface area contributed by atoms with E-state index in [1.54, 1.807) is 0 Å². The van der Waals surface area contributed by atoms with Gasteiger partial charge in [0.2, 0.25) is 0 Å². The molecule has 3 aliphatic rings. The van der Waals surface area contributed by atoms with Crippen LogP contribution in [0.1, 0.15) is 20.8 Å². The van der Waals surface area contributed by atoms with E-state index in [0.29, 0.717) is 18.1 Å². The van der Waals surface area contributed by atoms with Crippen LogP contribution in [0.25, 0.3) is 0 Å². The summed E-state index contributed by atoms with van der Waals surface area (Å²) < 4.78 is 7.73. The highest BCUT2D eigenvalue weighted by Gasteiger charge is 2.39. The molecule has 0 aromatic rings. The van der Waals surface area contributed by atoms with Crippen molar-refractivity contribution < 1.29 is 0 Å². The second-order valence-corrected chi connectivity index (χ2v) is 8.18. The molecule has 3 rings (SSSR count). The Balaban J connectivity index is 2.34. The zero-order valence-corrected chi connectivity index (χ0v) is 13.0. The van der Waals surface area contributed by atoms with Gasteiger partial charge in [0.05, 0.1) is 0 Å². The van der Waals surface area contributed by atoms with Crippen LogP contribution < -0.4 is 0 Å². The Labute approximate surface area is 107 Å². The SMILES string of the molecule is C[C@@H]1CN2C[C@H](C)N(C)P(N1C)N(C)[C@@H](C)C2. The van der Waals surface area contributed by atoms with E-state index >= 15 is 0 Å². The van der Waals surface area contributed by atoms with Gasteiger partial charge in [-0.05, 0) is 41.9 Å². The fraction of sp³-hybridized carbons (Fsp3) is 1.00. The van der Waals surface area contributed by atoms with Crippen molar-refractivity contribution in [2.24, 2.45) is 0 Å². The van der Waals surface area contributed by atoms with Crippen molar-refractivity contribution in [2.45, 2.75) is 38.9 Å². The van der Waals surface area contributed by atoms with Crippen molar-refractivity contribution in [2.75, 3.05) is 40.8 Å². The largest absolute Gasteiger partial charge is 0.299 e. The topological polar surface area (TPSA) is 13.0 Å². The number of rotatable bonds is 0. The summed E-state index contributed by atoms with van der Waals surface area (Å²) in [5, 5.41) is 0. The first-order chi connectivity index (χ1) is 7.91. The molecule has 0 saturated carbocycles. The molecule has 0 aromatic carbocycles. The third-order valence-electron chi connectivity index (χ3n) is 4.33. The minimum Gasteiger partial charge on any atom is -0.299 e. The molecule has 0 aliphatic carbocycles. The molecule has 3 aliphatic heterocycles. The predicted octanol–water partition coefficient (Wildman–Crippen LogP) is 1.50. The number of likely N-dealkylation sites (N-methyl/N-ethyl adjacent to an activating group) is 3. The van der Waals surface area contributed by atoms with Gasteiger partial charge >= 0.3 is 0 Å². The summed E-state index contributed by atoms with van der Waals surface area (Å²) in [6.45, 7) is 10.7. The number of hydrogen-bond donors (Lipinski definition) is 0. The molecular formula is C12H27N4P. The van der Waals surface area contributed by atoms with E-state index in [-0.39, 0.29) is 8.37 Å². The molecule has 3 heterocycles. The first kappa shape index (κ1) is 13.7. The molecular weight excluding hydrogens is 231 g/mol. The fourth-order valence-corrected chi connectivity index (χ4v) is 5.51. The maximum Gasteiger partial charge on any atom is 0.120 e. The molecule has 17 heavy (non-hydrogen) atoms. The van der Waals surface area contributed by atoms with Gasteiger partial charge in [0.15, 0.2) is 0 Å². The Hall–Kier alpha value is 0.270. The number of nitrogens with zero attached hydrogens (tertiary/aromatic N) is 4. The van der Waals surface area contributed by atoms with Gasteiger partial charge in [0.25, 0.3) is 0 Å². The van der Waals surface area contributed by atoms with Crippen molar-refractivity contribution in [1.82, 2.24) is 18.9 Å². The first-order valence-corrected chi connectivity index (χ1v) is 7.82. The van der Waals surface area contributed by atoms with E-state index in [9.17, 15) is 0 Å². The highest BCUT2D eigenvalue weighted by atomic mass is 31.2. The average Bonchev–Trinajstić information content (AvgIpc) is 2.26. The lowest BCUT2D eigenvalue weighted by Gasteiger charge is -2.53. The van der Waals surface area contributed by atoms with Gasteiger partial charge in [-0.25, -0.2) is 0 Å². The maximum atomic E-state index is 2.63. The Morgan fingerprint density at radius 3 is 1.29 bits per heavy atom. The van der Waals surface area contributed by atoms with Crippen molar-refractivity contribution >= 4 is 8.37 Å². The van der Waals surface area contributed by atoms with E-state index in [4.69, 9.17) is 0 Å². The molecule has 3 atom stereocenters. The summed E-state index contributed by atoms with van der Waals surface area (Å²) in [4.78, 5) is 2.63. The van der Waals surface area contributed by atoms with Gasteiger partial charge in [0, 0.05) is 37.8 Å². The summed E-state index contributed by atoms with van der Waals surface area (Å²) in [5.41, 5.74) is 0. The first-order valence-electron chi connectivity index (χ1n) is 6.62. The molecule has 4 nitrogen and oxygen atoms in total. The van der Waals surface area contributed by atoms with E-state index in [1.165, 1.54) is 19.6 Å². The van der Waals surface area contributed by atoms with Gasteiger partial charge < -0.3 is 0 Å². The molecule has 0 aromatic heterocycles. The molecule has 100 valence electrons. The van der Waals surface area contributed by atoms with Crippen molar-refractivity contribution in [3.63, 3.8) is 0 Å². The van der Waals surface area contributed by atoms with Crippen LogP contribution in [0.3, 0.4) is 0 Å². The molecule has 0 spiro atoms. The Morgan fingerprint density at radius 2 is 1.00 bits per heavy atom. The van der Waals surface area contributed by atoms with E-state index < -0.39 is 0 Å². The van der Waals surface area contributed by atoms with E-state index in [0.717, 1.165) is 0 Å². The number of fused-ring (bicyclic) bond motifs is 6. The zero-order valence-electron chi connectivity index (χ0n) is 12.1. The maximum absolute atomic E-state index is 2.63. The fourth-order valence-electron chi connectivity index (χ4n) is 2.90. The van der Waals surface area contributed by atoms with E-state index in [1.807, 2.05) is 0 Å². The summed E-state index contributed by atoms with van der Waals surface area (Å²) >= 11 is 0. The minimum atomic E-state index is -0.306. The molecule has 3 fully saturated rings. The zero-order chi connectivity index (χ0) is 12.7. The van der Waals surface area contributed by atoms with Crippen LogP contribution in [0.2, 0.25) is 0 Å². The van der Waals surface area contributed by atoms with E-state index in [2.05, 4.69) is 60.8 Å². The van der Waals surface area contributed by atoms with Crippen LogP contribution in [-0.2, 0) is 0 Å². The van der Waals surface area contributed by atoms with Gasteiger partial charge in [0.1, 0.15) is 8.37 Å². The van der Waals surface area contributed by atoms with Crippen LogP contribution in [0.4, 0.5) is 0 Å². The Kier molecular flexibility index (Phi) is 4.11. The van der Waals surface area contributed by atoms with Crippen molar-refractivity contribution in [3.05, 3.63) is 0 Å². The van der Waals surface area contributed by atoms with Gasteiger partial charge in [-0.15, -0.1) is 0 Å². The van der Waals surface area contributed by atoms with Crippen LogP contribution in [0, 0.1) is 0 Å². The Bertz CT molecular complexity index is 232. The molecule has 0 radical (unpaired) electrons. The third kappa shape index (κ3) is 2.52. The smallest absolute Gasteiger partial charge is 0.120 e. The van der Waals surface area contributed by atoms with Crippen molar-refractivity contribution in [1.29, 1.82) is 0 Å². The lowest BCUT2D eigenvalue weighted by molar-refractivity contribution is 0.112. The predicted molar refractivity (Wildman–Crippen MR) is 75.0 cm³/mol. The van der Waals surface area contributed by atoms with Crippen molar-refractivity contribution in [3.8, 4) is 0 Å². The highest BCUT2D eigenvalue weighted by molar-refractivity contribution is 7.50. The molecule has 2 bridgehead atoms. The molecule has 0 N–H and O–H groups in total. The average molecular weight is 258 g/mol. The molecule has 0 unspecified atom stereocenters. The monoisotopic (exact) mass is 258 g/mol. The number of hydrogen-bond acceptors (Lipinski definition) is 4. The second kappa shape index (κ2) is 5.10. The summed E-state index contributed by atoms with van der Waals surface area (Å²) in [6, 6.07) is 1.93. The van der Waals surface area contributed by atoms with Crippen LogP contribution in [0.5, 0.6) is 0 Å². The quantitative estimate of drug-likeness (QED) is 0.610. The minimum absolute atomic E-state index is 0.306. The third-order valence-corrected chi connectivity index (χ3v) is 7.20. The highest BCUT2D eigenvalue weighted by Crippen LogP contribution is 2.50. The molecule has 3 saturated heterocycles. The normalized spacial score (nSPS) is 46.6. The van der Waals surface area contributed by atoms with Gasteiger partial charge in [-0.1, -0.05) is 0 Å². The lowest BCUT2D eigenvalue weighted by atomic mass is 10.2. The molecule has 0 amide bonds. The second-order valence-electron chi connectivity index (χ2n) is 5.75. The lowest BCUT2D eigenvalue weighted by Crippen LogP contribution is -2.57. The van der Waals surface area contributed by atoms with Crippen LogP contribution in [-0.4, -0.2) is 77.8 Å². The summed E-state index contributed by atoms with van der Waals surface area (Å²) in [6.07, 6.45) is 0. The van der Waals surface area contributed by atoms with Crippen LogP contribution >= 0.6 is 8.37 Å². The Morgan fingerprint density at radius 1 is 0.706 bits per heavy atom. The summed E-state index contributed by atoms with van der Waals surface area (Å²) in [7, 11) is 6.56. The van der Waals surface area contributed by atoms with Gasteiger partial charge in [-0.3, -0.25) is 18.9 Å². The van der Waals surface area contributed by atoms with Gasteiger partial charge in [-0.2, -0.15) is 0 Å². The summed E-state index contributed by atoms with van der Waals surface area (Å²) in [5.74, 6) is 0. The molecule has 5 heteroatoms. The standard InChI is InChI=1S/C12H27N4P/c1-10-7-16-8-11(2)14(5)17(13(10)4)15(6)12(3)9-16/h10-12H,7-9H2,1-6H3/t10-,11-,12+/m0/s1. The van der Waals surface area contributed by atoms with Crippen LogP contribution in [0.15, 0.2) is 0 Å².